The largest absolute Gasteiger partial charge is 0.397 e. The molecule has 0 fully saturated rings. The van der Waals surface area contributed by atoms with Gasteiger partial charge >= 0.3 is 0 Å². The molecule has 8 rings (SSSR count). The maximum Gasteiger partial charge on any atom is 0.295 e. The Balaban J connectivity index is 1.05. The monoisotopic (exact) mass is 954 g/mol. The van der Waals surface area contributed by atoms with Crippen LogP contribution in [0, 0.1) is 6.92 Å². The summed E-state index contributed by atoms with van der Waals surface area (Å²) >= 11 is 0. The first-order chi connectivity index (χ1) is 30.5. The predicted molar refractivity (Wildman–Crippen MR) is 239 cm³/mol. The standard InChI is InChI=1S/C41H30N8O12S4/c1-23-18-27(44-46-40-31-15-14-30(62(50,51)52)19-26(31)10-16-34(40)42)12-17-35(23)45-43-28-11-8-24(37(20-28)63(53,54)55)6-7-25-9-13-29(21-38(25)64(56,57)58)49-47-36-22-39(65(59,60)61)32-4-2-3-5-33(32)41(36)48-49/h2-22H,42H2,1H3,(H,50,51,52)(H,53,54,55)(H,56,57,58)(H,59,60,61)/b7-6+,45-43?,46-44?. The number of aromatic nitrogens is 3. The molecule has 0 aliphatic heterocycles. The number of benzene rings is 7. The fourth-order valence-corrected chi connectivity index (χ4v) is 9.43. The second kappa shape index (κ2) is 16.4. The zero-order valence-electron chi connectivity index (χ0n) is 33.0. The van der Waals surface area contributed by atoms with Gasteiger partial charge in [-0.05, 0) is 95.7 Å². The lowest BCUT2D eigenvalue weighted by Gasteiger charge is -2.08. The minimum atomic E-state index is -4.94. The topological polar surface area (TPSA) is 324 Å². The van der Waals surface area contributed by atoms with Crippen LogP contribution in [-0.2, 0) is 40.5 Å². The van der Waals surface area contributed by atoms with Gasteiger partial charge in [-0.3, -0.25) is 18.2 Å². The Kier molecular flexibility index (Phi) is 11.2. The molecule has 0 radical (unpaired) electrons. The summed E-state index contributed by atoms with van der Waals surface area (Å²) in [6.45, 7) is 1.71. The number of fused-ring (bicyclic) bond motifs is 4. The van der Waals surface area contributed by atoms with Crippen LogP contribution in [-0.4, -0.2) is 66.9 Å². The fourth-order valence-electron chi connectivity index (χ4n) is 6.79. The summed E-state index contributed by atoms with van der Waals surface area (Å²) in [6.07, 6.45) is 2.38. The van der Waals surface area contributed by atoms with Crippen molar-refractivity contribution in [3.8, 4) is 5.69 Å². The van der Waals surface area contributed by atoms with Gasteiger partial charge in [-0.1, -0.05) is 60.7 Å². The molecule has 20 nitrogen and oxygen atoms in total. The highest BCUT2D eigenvalue weighted by Gasteiger charge is 2.22. The molecule has 0 saturated carbocycles. The van der Waals surface area contributed by atoms with Crippen LogP contribution in [0.4, 0.5) is 28.4 Å². The molecular formula is C41H30N8O12S4. The Morgan fingerprint density at radius 3 is 1.83 bits per heavy atom. The van der Waals surface area contributed by atoms with Crippen LogP contribution >= 0.6 is 0 Å². The molecule has 65 heavy (non-hydrogen) atoms. The quantitative estimate of drug-likeness (QED) is 0.0351. The summed E-state index contributed by atoms with van der Waals surface area (Å²) in [4.78, 5) is -0.931. The third-order valence-corrected chi connectivity index (χ3v) is 13.4. The van der Waals surface area contributed by atoms with Crippen molar-refractivity contribution in [1.82, 2.24) is 15.0 Å². The summed E-state index contributed by atoms with van der Waals surface area (Å²) in [5.41, 5.74) is 8.13. The SMILES string of the molecule is Cc1cc(N=Nc2c(N)ccc3cc(S(=O)(=O)O)ccc23)ccc1N=Nc1ccc(/C=C/c2ccc(-n3nc4cc(S(=O)(=O)O)c5ccccc5c4n3)cc2S(=O)(=O)O)c(S(=O)(=O)O)c1. The summed E-state index contributed by atoms with van der Waals surface area (Å²) in [6, 6.07) is 26.6. The molecule has 1 heterocycles. The maximum absolute atomic E-state index is 12.6. The molecule has 0 saturated heterocycles. The third-order valence-electron chi connectivity index (χ3n) is 9.87. The average molecular weight is 955 g/mol. The minimum Gasteiger partial charge on any atom is -0.397 e. The van der Waals surface area contributed by atoms with E-state index in [-0.39, 0.29) is 55.2 Å². The van der Waals surface area contributed by atoms with Crippen LogP contribution in [0.3, 0.4) is 0 Å². The van der Waals surface area contributed by atoms with E-state index < -0.39 is 55.2 Å². The van der Waals surface area contributed by atoms with Crippen molar-refractivity contribution >= 4 is 114 Å². The van der Waals surface area contributed by atoms with Crippen LogP contribution in [0.2, 0.25) is 0 Å². The Labute approximate surface area is 369 Å². The lowest BCUT2D eigenvalue weighted by molar-refractivity contribution is 0.480. The minimum absolute atomic E-state index is 0.0140. The lowest BCUT2D eigenvalue weighted by Crippen LogP contribution is -2.05. The van der Waals surface area contributed by atoms with E-state index >= 15 is 0 Å². The second-order valence-electron chi connectivity index (χ2n) is 14.2. The molecule has 8 aromatic rings. The van der Waals surface area contributed by atoms with Gasteiger partial charge in [0.2, 0.25) is 0 Å². The van der Waals surface area contributed by atoms with Gasteiger partial charge in [-0.2, -0.15) is 53.8 Å². The van der Waals surface area contributed by atoms with Crippen molar-refractivity contribution < 1.29 is 51.9 Å². The van der Waals surface area contributed by atoms with Crippen LogP contribution in [0.25, 0.3) is 50.4 Å². The van der Waals surface area contributed by atoms with Crippen molar-refractivity contribution in [2.45, 2.75) is 26.5 Å². The Hall–Kier alpha value is -7.16. The Morgan fingerprint density at radius 1 is 0.554 bits per heavy atom. The van der Waals surface area contributed by atoms with E-state index in [0.29, 0.717) is 33.1 Å². The molecular weight excluding hydrogens is 925 g/mol. The van der Waals surface area contributed by atoms with Crippen LogP contribution in [0.5, 0.6) is 0 Å². The number of nitrogen functional groups attached to an aromatic ring is 1. The summed E-state index contributed by atoms with van der Waals surface area (Å²) < 4.78 is 137. The van der Waals surface area contributed by atoms with E-state index in [1.54, 1.807) is 49.4 Å². The number of aryl methyl sites for hydroxylation is 1. The summed E-state index contributed by atoms with van der Waals surface area (Å²) in [5, 5.41) is 27.0. The third kappa shape index (κ3) is 9.26. The molecule has 7 aromatic carbocycles. The molecule has 0 atom stereocenters. The second-order valence-corrected chi connectivity index (χ2v) is 19.8. The maximum atomic E-state index is 12.6. The molecule has 1 aromatic heterocycles. The number of nitrogens with zero attached hydrogens (tertiary/aromatic N) is 7. The van der Waals surface area contributed by atoms with E-state index in [4.69, 9.17) is 5.73 Å². The zero-order chi connectivity index (χ0) is 46.6. The van der Waals surface area contributed by atoms with Crippen molar-refractivity contribution in [1.29, 1.82) is 0 Å². The summed E-state index contributed by atoms with van der Waals surface area (Å²) in [7, 11) is -18.9. The highest BCUT2D eigenvalue weighted by Crippen LogP contribution is 2.36. The normalized spacial score (nSPS) is 13.1. The van der Waals surface area contributed by atoms with Crippen LogP contribution in [0.1, 0.15) is 16.7 Å². The number of azo groups is 2. The highest BCUT2D eigenvalue weighted by molar-refractivity contribution is 7.86. The van der Waals surface area contributed by atoms with E-state index in [0.717, 1.165) is 23.0 Å². The van der Waals surface area contributed by atoms with Crippen molar-refractivity contribution in [3.05, 3.63) is 132 Å². The van der Waals surface area contributed by atoms with Gasteiger partial charge in [-0.25, -0.2) is 0 Å². The van der Waals surface area contributed by atoms with Crippen LogP contribution < -0.4 is 5.73 Å². The number of rotatable bonds is 11. The van der Waals surface area contributed by atoms with Crippen molar-refractivity contribution in [3.63, 3.8) is 0 Å². The van der Waals surface area contributed by atoms with E-state index in [1.165, 1.54) is 66.7 Å². The lowest BCUT2D eigenvalue weighted by atomic mass is 10.1. The van der Waals surface area contributed by atoms with Gasteiger partial charge < -0.3 is 5.73 Å². The van der Waals surface area contributed by atoms with Crippen molar-refractivity contribution in [2.75, 3.05) is 5.73 Å². The van der Waals surface area contributed by atoms with Gasteiger partial charge in [0.25, 0.3) is 40.5 Å². The number of nitrogens with two attached hydrogens (primary N) is 1. The van der Waals surface area contributed by atoms with Gasteiger partial charge in [-0.15, -0.1) is 15.3 Å². The van der Waals surface area contributed by atoms with E-state index in [1.807, 2.05) is 0 Å². The molecule has 0 bridgehead atoms. The Morgan fingerprint density at radius 2 is 1.17 bits per heavy atom. The first kappa shape index (κ1) is 44.4. The van der Waals surface area contributed by atoms with E-state index in [2.05, 4.69) is 30.7 Å². The zero-order valence-corrected chi connectivity index (χ0v) is 36.3. The molecule has 0 amide bonds. The molecule has 24 heteroatoms. The molecule has 0 unspecified atom stereocenters. The molecule has 0 spiro atoms. The average Bonchev–Trinajstić information content (AvgIpc) is 3.68. The molecule has 330 valence electrons. The number of hydrogen-bond acceptors (Lipinski definition) is 15. The van der Waals surface area contributed by atoms with Crippen LogP contribution in [0.15, 0.2) is 155 Å². The first-order valence-corrected chi connectivity index (χ1v) is 24.2. The van der Waals surface area contributed by atoms with Gasteiger partial charge in [0, 0.05) is 16.2 Å². The van der Waals surface area contributed by atoms with E-state index in [9.17, 15) is 51.9 Å². The molecule has 0 aliphatic rings. The van der Waals surface area contributed by atoms with Gasteiger partial charge in [0.15, 0.2) is 0 Å². The Bertz CT molecular complexity index is 3870. The first-order valence-electron chi connectivity index (χ1n) is 18.5. The van der Waals surface area contributed by atoms with Gasteiger partial charge in [0.05, 0.1) is 33.3 Å². The summed E-state index contributed by atoms with van der Waals surface area (Å²) in [5.74, 6) is 0. The molecule has 0 aliphatic carbocycles. The number of hydrogen-bond donors (Lipinski definition) is 5. The molecule has 6 N–H and O–H groups in total. The predicted octanol–water partition coefficient (Wildman–Crippen LogP) is 8.61. The van der Waals surface area contributed by atoms with Gasteiger partial charge in [0.1, 0.15) is 31.4 Å². The van der Waals surface area contributed by atoms with Crippen molar-refractivity contribution in [2.24, 2.45) is 20.5 Å². The smallest absolute Gasteiger partial charge is 0.295 e. The highest BCUT2D eigenvalue weighted by atomic mass is 32.2. The number of anilines is 1. The fraction of sp³-hybridized carbons (Fsp3) is 0.0244.